The molecule has 0 aromatic heterocycles. The maximum absolute atomic E-state index is 3.58. The third-order valence-electron chi connectivity index (χ3n) is 4.65. The van der Waals surface area contributed by atoms with E-state index in [2.05, 4.69) is 41.5 Å². The predicted molar refractivity (Wildman–Crippen MR) is 77.0 cm³/mol. The van der Waals surface area contributed by atoms with E-state index in [1.54, 1.807) is 0 Å². The lowest BCUT2D eigenvalue weighted by atomic mass is 9.97. The summed E-state index contributed by atoms with van der Waals surface area (Å²) in [5.74, 6) is 0.951. The highest BCUT2D eigenvalue weighted by molar-refractivity contribution is 5.53. The summed E-state index contributed by atoms with van der Waals surface area (Å²) in [5, 5.41) is 3.58. The Morgan fingerprint density at radius 1 is 1.22 bits per heavy atom. The highest BCUT2D eigenvalue weighted by Crippen LogP contribution is 2.28. The minimum absolute atomic E-state index is 0.667. The molecule has 0 radical (unpaired) electrons. The van der Waals surface area contributed by atoms with Gasteiger partial charge in [0.1, 0.15) is 0 Å². The summed E-state index contributed by atoms with van der Waals surface area (Å²) < 4.78 is 0. The quantitative estimate of drug-likeness (QED) is 0.878. The standard InChI is InChI=1S/C16H24N2/c1-18(12-13-6-2-3-7-13)15-10-14-8-4-5-9-16(14)17-11-15/h4-5,8-9,13,15,17H,2-3,6-7,10-12H2,1H3. The molecule has 18 heavy (non-hydrogen) atoms. The van der Waals surface area contributed by atoms with Crippen molar-refractivity contribution in [3.63, 3.8) is 0 Å². The van der Waals surface area contributed by atoms with Gasteiger partial charge in [-0.25, -0.2) is 0 Å². The van der Waals surface area contributed by atoms with Gasteiger partial charge in [0, 0.05) is 24.8 Å². The second-order valence-electron chi connectivity index (χ2n) is 5.99. The predicted octanol–water partition coefficient (Wildman–Crippen LogP) is 3.15. The van der Waals surface area contributed by atoms with Gasteiger partial charge in [-0.2, -0.15) is 0 Å². The third-order valence-corrected chi connectivity index (χ3v) is 4.65. The largest absolute Gasteiger partial charge is 0.383 e. The average molecular weight is 244 g/mol. The summed E-state index contributed by atoms with van der Waals surface area (Å²) in [6.07, 6.45) is 6.99. The summed E-state index contributed by atoms with van der Waals surface area (Å²) in [6, 6.07) is 9.40. The van der Waals surface area contributed by atoms with Gasteiger partial charge in [-0.3, -0.25) is 0 Å². The number of likely N-dealkylation sites (N-methyl/N-ethyl adjacent to an activating group) is 1. The first-order chi connectivity index (χ1) is 8.83. The zero-order valence-corrected chi connectivity index (χ0v) is 11.4. The van der Waals surface area contributed by atoms with E-state index in [9.17, 15) is 0 Å². The van der Waals surface area contributed by atoms with Gasteiger partial charge < -0.3 is 10.2 Å². The fourth-order valence-corrected chi connectivity index (χ4v) is 3.49. The Hall–Kier alpha value is -1.02. The van der Waals surface area contributed by atoms with E-state index in [0.717, 1.165) is 12.5 Å². The fourth-order valence-electron chi connectivity index (χ4n) is 3.49. The Kier molecular flexibility index (Phi) is 3.55. The molecule has 2 nitrogen and oxygen atoms in total. The van der Waals surface area contributed by atoms with Crippen LogP contribution in [0.25, 0.3) is 0 Å². The van der Waals surface area contributed by atoms with Crippen LogP contribution in [0.15, 0.2) is 24.3 Å². The van der Waals surface area contributed by atoms with Crippen molar-refractivity contribution in [2.24, 2.45) is 5.92 Å². The van der Waals surface area contributed by atoms with Gasteiger partial charge in [0.15, 0.2) is 0 Å². The molecule has 0 spiro atoms. The Labute approximate surface area is 110 Å². The highest BCUT2D eigenvalue weighted by atomic mass is 15.2. The van der Waals surface area contributed by atoms with Crippen LogP contribution in [0, 0.1) is 5.92 Å². The zero-order valence-electron chi connectivity index (χ0n) is 11.4. The second-order valence-corrected chi connectivity index (χ2v) is 5.99. The Morgan fingerprint density at radius 3 is 2.83 bits per heavy atom. The van der Waals surface area contributed by atoms with Crippen LogP contribution >= 0.6 is 0 Å². The van der Waals surface area contributed by atoms with E-state index in [0.29, 0.717) is 6.04 Å². The Morgan fingerprint density at radius 2 is 2.00 bits per heavy atom. The van der Waals surface area contributed by atoms with E-state index in [-0.39, 0.29) is 0 Å². The van der Waals surface area contributed by atoms with Gasteiger partial charge in [0.25, 0.3) is 0 Å². The lowest BCUT2D eigenvalue weighted by Gasteiger charge is -2.34. The van der Waals surface area contributed by atoms with Crippen molar-refractivity contribution in [3.8, 4) is 0 Å². The van der Waals surface area contributed by atoms with E-state index in [1.807, 2.05) is 0 Å². The average Bonchev–Trinajstić information content (AvgIpc) is 2.91. The normalized spacial score (nSPS) is 24.0. The first kappa shape index (κ1) is 12.0. The molecule has 1 unspecified atom stereocenters. The van der Waals surface area contributed by atoms with Crippen molar-refractivity contribution in [2.75, 3.05) is 25.5 Å². The topological polar surface area (TPSA) is 15.3 Å². The van der Waals surface area contributed by atoms with Crippen molar-refractivity contribution in [3.05, 3.63) is 29.8 Å². The van der Waals surface area contributed by atoms with Crippen LogP contribution in [0.3, 0.4) is 0 Å². The molecule has 2 heteroatoms. The number of fused-ring (bicyclic) bond motifs is 1. The minimum Gasteiger partial charge on any atom is -0.383 e. The molecule has 98 valence electrons. The monoisotopic (exact) mass is 244 g/mol. The van der Waals surface area contributed by atoms with Gasteiger partial charge in [-0.05, 0) is 43.9 Å². The molecule has 0 amide bonds. The van der Waals surface area contributed by atoms with Crippen molar-refractivity contribution in [2.45, 2.75) is 38.1 Å². The lowest BCUT2D eigenvalue weighted by Crippen LogP contribution is -2.43. The molecule has 1 fully saturated rings. The molecule has 1 heterocycles. The Balaban J connectivity index is 1.60. The molecule has 2 aliphatic rings. The molecule has 3 rings (SSSR count). The van der Waals surface area contributed by atoms with Crippen LogP contribution in [-0.2, 0) is 6.42 Å². The van der Waals surface area contributed by atoms with Crippen LogP contribution in [0.1, 0.15) is 31.2 Å². The number of nitrogens with one attached hydrogen (secondary N) is 1. The summed E-state index contributed by atoms with van der Waals surface area (Å²) in [7, 11) is 2.30. The molecule has 1 aromatic rings. The van der Waals surface area contributed by atoms with Gasteiger partial charge in [-0.15, -0.1) is 0 Å². The highest BCUT2D eigenvalue weighted by Gasteiger charge is 2.24. The summed E-state index contributed by atoms with van der Waals surface area (Å²) >= 11 is 0. The molecule has 1 aliphatic heterocycles. The third kappa shape index (κ3) is 2.54. The molecule has 1 atom stereocenters. The van der Waals surface area contributed by atoms with Crippen molar-refractivity contribution >= 4 is 5.69 Å². The van der Waals surface area contributed by atoms with Gasteiger partial charge >= 0.3 is 0 Å². The molecule has 1 aliphatic carbocycles. The molecular weight excluding hydrogens is 220 g/mol. The summed E-state index contributed by atoms with van der Waals surface area (Å²) in [5.41, 5.74) is 2.81. The number of nitrogens with zero attached hydrogens (tertiary/aromatic N) is 1. The number of hydrogen-bond acceptors (Lipinski definition) is 2. The van der Waals surface area contributed by atoms with E-state index in [4.69, 9.17) is 0 Å². The van der Waals surface area contributed by atoms with Crippen LogP contribution in [0.4, 0.5) is 5.69 Å². The molecule has 0 saturated heterocycles. The first-order valence-corrected chi connectivity index (χ1v) is 7.35. The minimum atomic E-state index is 0.667. The Bertz CT molecular complexity index is 396. The van der Waals surface area contributed by atoms with E-state index >= 15 is 0 Å². The smallest absolute Gasteiger partial charge is 0.0373 e. The number of hydrogen-bond donors (Lipinski definition) is 1. The number of rotatable bonds is 3. The van der Waals surface area contributed by atoms with Crippen LogP contribution in [0.5, 0.6) is 0 Å². The second kappa shape index (κ2) is 5.31. The molecule has 1 saturated carbocycles. The van der Waals surface area contributed by atoms with Gasteiger partial charge in [-0.1, -0.05) is 31.0 Å². The number of anilines is 1. The van der Waals surface area contributed by atoms with Gasteiger partial charge in [0.05, 0.1) is 0 Å². The molecule has 1 N–H and O–H groups in total. The maximum Gasteiger partial charge on any atom is 0.0373 e. The van der Waals surface area contributed by atoms with Crippen molar-refractivity contribution in [1.82, 2.24) is 4.90 Å². The number of benzene rings is 1. The number of para-hydroxylation sites is 1. The molecular formula is C16H24N2. The van der Waals surface area contributed by atoms with Crippen LogP contribution in [0.2, 0.25) is 0 Å². The lowest BCUT2D eigenvalue weighted by molar-refractivity contribution is 0.210. The summed E-state index contributed by atoms with van der Waals surface area (Å²) in [4.78, 5) is 2.58. The van der Waals surface area contributed by atoms with E-state index < -0.39 is 0 Å². The van der Waals surface area contributed by atoms with Crippen LogP contribution < -0.4 is 5.32 Å². The maximum atomic E-state index is 3.58. The van der Waals surface area contributed by atoms with E-state index in [1.165, 1.54) is 49.9 Å². The zero-order chi connectivity index (χ0) is 12.4. The van der Waals surface area contributed by atoms with Crippen molar-refractivity contribution in [1.29, 1.82) is 0 Å². The first-order valence-electron chi connectivity index (χ1n) is 7.35. The van der Waals surface area contributed by atoms with Crippen molar-refractivity contribution < 1.29 is 0 Å². The molecule has 1 aromatic carbocycles. The van der Waals surface area contributed by atoms with Gasteiger partial charge in [0.2, 0.25) is 0 Å². The molecule has 0 bridgehead atoms. The summed E-state index contributed by atoms with van der Waals surface area (Å²) in [6.45, 7) is 2.38. The van der Waals surface area contributed by atoms with Crippen LogP contribution in [-0.4, -0.2) is 31.1 Å². The SMILES string of the molecule is CN(CC1CCCC1)C1CNc2ccccc2C1. The fraction of sp³-hybridized carbons (Fsp3) is 0.625.